The monoisotopic (exact) mass is 376 g/mol. The molecule has 2 rings (SSSR count). The quantitative estimate of drug-likeness (QED) is 0.748. The Morgan fingerprint density at radius 3 is 2.59 bits per heavy atom. The average Bonchev–Trinajstić information content (AvgIpc) is 2.65. The molecule has 1 heterocycles. The number of rotatable bonds is 8. The third-order valence-electron chi connectivity index (χ3n) is 4.45. The van der Waals surface area contributed by atoms with E-state index in [0.29, 0.717) is 31.8 Å². The van der Waals surface area contributed by atoms with Gasteiger partial charge in [0, 0.05) is 19.6 Å². The van der Waals surface area contributed by atoms with Crippen LogP contribution in [0.1, 0.15) is 26.7 Å². The van der Waals surface area contributed by atoms with E-state index < -0.39 is 5.97 Å². The number of carboxylic acids is 1. The Bertz CT molecular complexity index is 647. The minimum atomic E-state index is -1.02. The Morgan fingerprint density at radius 2 is 1.96 bits per heavy atom. The Labute approximate surface area is 159 Å². The van der Waals surface area contributed by atoms with Crippen molar-refractivity contribution in [3.8, 4) is 5.75 Å². The Hall–Kier alpha value is -2.57. The van der Waals surface area contributed by atoms with Crippen molar-refractivity contribution in [3.05, 3.63) is 30.3 Å². The zero-order valence-electron chi connectivity index (χ0n) is 16.0. The van der Waals surface area contributed by atoms with Crippen LogP contribution in [-0.4, -0.2) is 65.5 Å². The lowest BCUT2D eigenvalue weighted by Crippen LogP contribution is -2.49. The summed E-state index contributed by atoms with van der Waals surface area (Å²) in [4.78, 5) is 39.4. The number of aliphatic carboxylic acids is 1. The molecule has 1 atom stereocenters. The van der Waals surface area contributed by atoms with Crippen LogP contribution in [0.3, 0.4) is 0 Å². The molecule has 1 aromatic rings. The van der Waals surface area contributed by atoms with E-state index in [1.165, 1.54) is 4.90 Å². The van der Waals surface area contributed by atoms with Crippen LogP contribution in [-0.2, 0) is 14.4 Å². The molecule has 27 heavy (non-hydrogen) atoms. The molecule has 1 saturated heterocycles. The van der Waals surface area contributed by atoms with E-state index in [1.807, 2.05) is 32.0 Å². The molecule has 0 aliphatic carbocycles. The number of carbonyl (C=O) groups is 3. The van der Waals surface area contributed by atoms with Gasteiger partial charge in [0.25, 0.3) is 5.91 Å². The van der Waals surface area contributed by atoms with Crippen molar-refractivity contribution in [2.24, 2.45) is 11.8 Å². The molecule has 0 aromatic heterocycles. The number of ether oxygens (including phenoxy) is 1. The molecule has 0 bridgehead atoms. The maximum absolute atomic E-state index is 12.8. The summed E-state index contributed by atoms with van der Waals surface area (Å²) in [6, 6.07) is 9.11. The molecule has 1 aromatic carbocycles. The van der Waals surface area contributed by atoms with Crippen LogP contribution in [0.2, 0.25) is 0 Å². The summed E-state index contributed by atoms with van der Waals surface area (Å²) in [7, 11) is 0. The SMILES string of the molecule is CC(C)CN(CC(=O)O)C(=O)C1CCCN(C(=O)COc2ccccc2)C1. The molecule has 1 unspecified atom stereocenters. The second-order valence-electron chi connectivity index (χ2n) is 7.29. The summed E-state index contributed by atoms with van der Waals surface area (Å²) in [5, 5.41) is 9.09. The Kier molecular flexibility index (Phi) is 7.64. The standard InChI is InChI=1S/C20H28N2O5/c1-15(2)11-22(13-19(24)25)20(26)16-7-6-10-21(12-16)18(23)14-27-17-8-4-3-5-9-17/h3-5,8-9,15-16H,6-7,10-14H2,1-2H3,(H,24,25). The van der Waals surface area contributed by atoms with Crippen LogP contribution in [0.15, 0.2) is 30.3 Å². The molecule has 0 radical (unpaired) electrons. The Morgan fingerprint density at radius 1 is 1.26 bits per heavy atom. The lowest BCUT2D eigenvalue weighted by atomic mass is 9.96. The predicted molar refractivity (Wildman–Crippen MR) is 100 cm³/mol. The van der Waals surface area contributed by atoms with E-state index in [2.05, 4.69) is 0 Å². The van der Waals surface area contributed by atoms with Gasteiger partial charge in [0.05, 0.1) is 5.92 Å². The number of amides is 2. The minimum Gasteiger partial charge on any atom is -0.484 e. The first-order valence-corrected chi connectivity index (χ1v) is 9.33. The average molecular weight is 376 g/mol. The van der Waals surface area contributed by atoms with Gasteiger partial charge < -0.3 is 19.6 Å². The van der Waals surface area contributed by atoms with E-state index in [4.69, 9.17) is 9.84 Å². The third kappa shape index (κ3) is 6.58. The highest BCUT2D eigenvalue weighted by molar-refractivity contribution is 5.84. The fourth-order valence-corrected chi connectivity index (χ4v) is 3.25. The van der Waals surface area contributed by atoms with Crippen LogP contribution in [0, 0.1) is 11.8 Å². The first-order valence-electron chi connectivity index (χ1n) is 9.33. The van der Waals surface area contributed by atoms with Gasteiger partial charge in [-0.15, -0.1) is 0 Å². The first-order chi connectivity index (χ1) is 12.9. The fourth-order valence-electron chi connectivity index (χ4n) is 3.25. The molecule has 148 valence electrons. The molecule has 7 nitrogen and oxygen atoms in total. The summed E-state index contributed by atoms with van der Waals surface area (Å²) < 4.78 is 5.51. The van der Waals surface area contributed by atoms with E-state index in [-0.39, 0.29) is 36.8 Å². The van der Waals surface area contributed by atoms with Gasteiger partial charge in [0.1, 0.15) is 12.3 Å². The van der Waals surface area contributed by atoms with Crippen molar-refractivity contribution in [1.82, 2.24) is 9.80 Å². The zero-order chi connectivity index (χ0) is 19.8. The van der Waals surface area contributed by atoms with Crippen LogP contribution < -0.4 is 4.74 Å². The predicted octanol–water partition coefficient (Wildman–Crippen LogP) is 1.87. The van der Waals surface area contributed by atoms with Gasteiger partial charge in [-0.1, -0.05) is 32.0 Å². The molecule has 0 saturated carbocycles. The van der Waals surface area contributed by atoms with E-state index in [1.54, 1.807) is 17.0 Å². The van der Waals surface area contributed by atoms with Crippen molar-refractivity contribution >= 4 is 17.8 Å². The van der Waals surface area contributed by atoms with Crippen molar-refractivity contribution < 1.29 is 24.2 Å². The number of benzene rings is 1. The summed E-state index contributed by atoms with van der Waals surface area (Å²) in [6.45, 7) is 4.80. The summed E-state index contributed by atoms with van der Waals surface area (Å²) in [5.41, 5.74) is 0. The van der Waals surface area contributed by atoms with Gasteiger partial charge in [-0.05, 0) is 30.9 Å². The minimum absolute atomic E-state index is 0.0737. The largest absolute Gasteiger partial charge is 0.484 e. The number of piperidine rings is 1. The first kappa shape index (κ1) is 20.7. The van der Waals surface area contributed by atoms with Crippen molar-refractivity contribution in [2.45, 2.75) is 26.7 Å². The molecule has 1 fully saturated rings. The Balaban J connectivity index is 1.93. The van der Waals surface area contributed by atoms with Gasteiger partial charge in [0.15, 0.2) is 6.61 Å². The van der Waals surface area contributed by atoms with E-state index >= 15 is 0 Å². The van der Waals surface area contributed by atoms with Gasteiger partial charge >= 0.3 is 5.97 Å². The molecule has 1 aliphatic rings. The lowest BCUT2D eigenvalue weighted by molar-refractivity contribution is -0.149. The van der Waals surface area contributed by atoms with Gasteiger partial charge in [-0.25, -0.2) is 0 Å². The molecule has 1 aliphatic heterocycles. The highest BCUT2D eigenvalue weighted by Gasteiger charge is 2.32. The number of para-hydroxylation sites is 1. The third-order valence-corrected chi connectivity index (χ3v) is 4.45. The fraction of sp³-hybridized carbons (Fsp3) is 0.550. The molecular formula is C20H28N2O5. The summed E-state index contributed by atoms with van der Waals surface area (Å²) in [6.07, 6.45) is 1.38. The van der Waals surface area contributed by atoms with Crippen LogP contribution in [0.5, 0.6) is 5.75 Å². The smallest absolute Gasteiger partial charge is 0.323 e. The lowest BCUT2D eigenvalue weighted by Gasteiger charge is -2.35. The molecular weight excluding hydrogens is 348 g/mol. The molecule has 0 spiro atoms. The molecule has 2 amide bonds. The normalized spacial score (nSPS) is 16.9. The summed E-state index contributed by atoms with van der Waals surface area (Å²) in [5.74, 6) is -0.937. The van der Waals surface area contributed by atoms with Crippen LogP contribution in [0.4, 0.5) is 0 Å². The highest BCUT2D eigenvalue weighted by Crippen LogP contribution is 2.20. The van der Waals surface area contributed by atoms with Crippen LogP contribution in [0.25, 0.3) is 0 Å². The van der Waals surface area contributed by atoms with E-state index in [9.17, 15) is 14.4 Å². The van der Waals surface area contributed by atoms with Crippen LogP contribution >= 0.6 is 0 Å². The number of hydrogen-bond donors (Lipinski definition) is 1. The number of carboxylic acid groups (broad SMARTS) is 1. The number of carbonyl (C=O) groups excluding carboxylic acids is 2. The topological polar surface area (TPSA) is 87.2 Å². The van der Waals surface area contributed by atoms with Crippen molar-refractivity contribution in [2.75, 3.05) is 32.8 Å². The van der Waals surface area contributed by atoms with Crippen molar-refractivity contribution in [3.63, 3.8) is 0 Å². The number of likely N-dealkylation sites (tertiary alicyclic amines) is 1. The van der Waals surface area contributed by atoms with Gasteiger partial charge in [-0.2, -0.15) is 0 Å². The number of hydrogen-bond acceptors (Lipinski definition) is 4. The second kappa shape index (κ2) is 9.94. The maximum Gasteiger partial charge on any atom is 0.323 e. The molecule has 7 heteroatoms. The number of nitrogens with zero attached hydrogens (tertiary/aromatic N) is 2. The highest BCUT2D eigenvalue weighted by atomic mass is 16.5. The van der Waals surface area contributed by atoms with E-state index in [0.717, 1.165) is 6.42 Å². The summed E-state index contributed by atoms with van der Waals surface area (Å²) >= 11 is 0. The van der Waals surface area contributed by atoms with Crippen molar-refractivity contribution in [1.29, 1.82) is 0 Å². The maximum atomic E-state index is 12.8. The second-order valence-corrected chi connectivity index (χ2v) is 7.29. The van der Waals surface area contributed by atoms with Gasteiger partial charge in [-0.3, -0.25) is 14.4 Å². The van der Waals surface area contributed by atoms with Gasteiger partial charge in [0.2, 0.25) is 5.91 Å². The molecule has 1 N–H and O–H groups in total. The zero-order valence-corrected chi connectivity index (χ0v) is 16.0.